The number of carbonyl (C=O) groups excluding carboxylic acids is 3. The Morgan fingerprint density at radius 1 is 0.674 bits per heavy atom. The molecule has 9 nitrogen and oxygen atoms in total. The number of allylic oxidation sites excluding steroid dienone is 2. The maximum atomic E-state index is 12.1. The van der Waals surface area contributed by atoms with Crippen LogP contribution in [0.3, 0.4) is 0 Å². The maximum Gasteiger partial charge on any atom is 0.356 e. The van der Waals surface area contributed by atoms with Crippen molar-refractivity contribution in [1.82, 2.24) is 14.9 Å². The van der Waals surface area contributed by atoms with Crippen molar-refractivity contribution < 1.29 is 29.1 Å². The number of carbonyl (C=O) groups is 4. The van der Waals surface area contributed by atoms with Crippen molar-refractivity contribution in [2.24, 2.45) is 0 Å². The third kappa shape index (κ3) is 8.51. The Balaban J connectivity index is 0.000000257. The van der Waals surface area contributed by atoms with Gasteiger partial charge in [-0.1, -0.05) is 71.8 Å². The van der Waals surface area contributed by atoms with Crippen LogP contribution in [-0.2, 0) is 35.1 Å². The van der Waals surface area contributed by atoms with Crippen LogP contribution in [0.4, 0.5) is 0 Å². The summed E-state index contributed by atoms with van der Waals surface area (Å²) in [5.41, 5.74) is 4.64. The van der Waals surface area contributed by atoms with Gasteiger partial charge in [-0.15, -0.1) is 17.5 Å². The molecule has 248 valence electrons. The lowest BCUT2D eigenvalue weighted by Crippen LogP contribution is -2.43. The van der Waals surface area contributed by atoms with E-state index in [1.165, 1.54) is 23.3 Å². The molecule has 1 saturated heterocycles. The second kappa shape index (κ2) is 16.2. The minimum atomic E-state index is -0.827. The average Bonchev–Trinajstić information content (AvgIpc) is 3.34. The SMILES string of the molecule is CN(C)C1(c2ccccc2)CCC(=CC(=O)O)CC1.CN(C)C1(c2ccccc2)CCC(=CC(=O)ON2C(=O)CCC2=O)CC1.Cl. The highest BCUT2D eigenvalue weighted by Crippen LogP contribution is 2.44. The molecule has 1 heterocycles. The molecule has 0 atom stereocenters. The predicted octanol–water partition coefficient (Wildman–Crippen LogP) is 6.00. The second-order valence-corrected chi connectivity index (χ2v) is 12.5. The Bertz CT molecular complexity index is 1400. The first-order valence-corrected chi connectivity index (χ1v) is 15.6. The molecule has 0 spiro atoms. The number of carboxylic acid groups (broad SMARTS) is 1. The highest BCUT2D eigenvalue weighted by Gasteiger charge is 2.38. The highest BCUT2D eigenvalue weighted by atomic mass is 35.5. The van der Waals surface area contributed by atoms with Crippen molar-refractivity contribution in [3.8, 4) is 0 Å². The van der Waals surface area contributed by atoms with E-state index in [-0.39, 0.29) is 36.3 Å². The molecule has 0 aromatic heterocycles. The van der Waals surface area contributed by atoms with Crippen LogP contribution in [0.2, 0.25) is 0 Å². The van der Waals surface area contributed by atoms with E-state index < -0.39 is 23.8 Å². The van der Waals surface area contributed by atoms with Gasteiger partial charge in [0.05, 0.1) is 0 Å². The summed E-state index contributed by atoms with van der Waals surface area (Å²) in [4.78, 5) is 55.3. The van der Waals surface area contributed by atoms with Crippen LogP contribution in [0.15, 0.2) is 84.0 Å². The van der Waals surface area contributed by atoms with E-state index in [0.29, 0.717) is 5.06 Å². The van der Waals surface area contributed by atoms with Crippen molar-refractivity contribution >= 4 is 36.2 Å². The third-order valence-corrected chi connectivity index (χ3v) is 9.61. The zero-order valence-corrected chi connectivity index (χ0v) is 28.1. The highest BCUT2D eigenvalue weighted by molar-refractivity contribution is 6.02. The van der Waals surface area contributed by atoms with Gasteiger partial charge in [0, 0.05) is 36.1 Å². The number of aliphatic carboxylic acids is 1. The van der Waals surface area contributed by atoms with E-state index in [4.69, 9.17) is 9.94 Å². The fourth-order valence-corrected chi connectivity index (χ4v) is 6.86. The Kier molecular flexibility index (Phi) is 12.9. The summed E-state index contributed by atoms with van der Waals surface area (Å²) in [5, 5.41) is 9.43. The first-order valence-electron chi connectivity index (χ1n) is 15.6. The van der Waals surface area contributed by atoms with Gasteiger partial charge in [0.1, 0.15) is 0 Å². The van der Waals surface area contributed by atoms with Crippen molar-refractivity contribution in [3.63, 3.8) is 0 Å². The van der Waals surface area contributed by atoms with Crippen LogP contribution < -0.4 is 0 Å². The fourth-order valence-electron chi connectivity index (χ4n) is 6.86. The zero-order valence-electron chi connectivity index (χ0n) is 27.2. The number of imide groups is 1. The Hall–Kier alpha value is -3.79. The molecule has 2 aromatic rings. The van der Waals surface area contributed by atoms with E-state index in [1.807, 2.05) is 24.3 Å². The molecule has 3 fully saturated rings. The van der Waals surface area contributed by atoms with Crippen LogP contribution in [0, 0.1) is 0 Å². The molecule has 0 bridgehead atoms. The van der Waals surface area contributed by atoms with Crippen molar-refractivity contribution in [3.05, 3.63) is 95.1 Å². The lowest BCUT2D eigenvalue weighted by Gasteiger charge is -2.44. The first kappa shape index (κ1) is 36.7. The normalized spacial score (nSPS) is 23.0. The minimum absolute atomic E-state index is 0. The molecule has 3 aliphatic rings. The monoisotopic (exact) mass is 651 g/mol. The number of benzene rings is 2. The molecule has 2 aliphatic carbocycles. The predicted molar refractivity (Wildman–Crippen MR) is 179 cm³/mol. The smallest absolute Gasteiger partial charge is 0.356 e. The number of nitrogens with zero attached hydrogens (tertiary/aromatic N) is 3. The van der Waals surface area contributed by atoms with Crippen LogP contribution in [0.5, 0.6) is 0 Å². The van der Waals surface area contributed by atoms with Gasteiger partial charge in [-0.05, 0) is 90.7 Å². The average molecular weight is 652 g/mol. The molecule has 1 aliphatic heterocycles. The molecule has 2 saturated carbocycles. The first-order chi connectivity index (χ1) is 21.5. The maximum absolute atomic E-state index is 12.1. The number of halogens is 1. The summed E-state index contributed by atoms with van der Waals surface area (Å²) in [7, 11) is 8.39. The van der Waals surface area contributed by atoms with E-state index in [2.05, 4.69) is 74.4 Å². The topological polar surface area (TPSA) is 107 Å². The quantitative estimate of drug-likeness (QED) is 0.287. The van der Waals surface area contributed by atoms with E-state index in [0.717, 1.165) is 62.5 Å². The third-order valence-electron chi connectivity index (χ3n) is 9.61. The van der Waals surface area contributed by atoms with Gasteiger partial charge in [-0.3, -0.25) is 19.4 Å². The summed E-state index contributed by atoms with van der Waals surface area (Å²) in [6, 6.07) is 20.9. The molecule has 1 N–H and O–H groups in total. The van der Waals surface area contributed by atoms with Gasteiger partial charge in [0.2, 0.25) is 0 Å². The molecule has 5 rings (SSSR count). The Morgan fingerprint density at radius 3 is 1.39 bits per heavy atom. The van der Waals surface area contributed by atoms with Gasteiger partial charge in [0.15, 0.2) is 0 Å². The molecule has 46 heavy (non-hydrogen) atoms. The van der Waals surface area contributed by atoms with Crippen LogP contribution >= 0.6 is 12.4 Å². The number of carboxylic acids is 1. The number of hydrogen-bond acceptors (Lipinski definition) is 7. The number of hydrogen-bond donors (Lipinski definition) is 1. The summed E-state index contributed by atoms with van der Waals surface area (Å²) in [6.45, 7) is 0. The van der Waals surface area contributed by atoms with Crippen LogP contribution in [-0.4, -0.2) is 71.9 Å². The lowest BCUT2D eigenvalue weighted by molar-refractivity contribution is -0.193. The molecule has 10 heteroatoms. The molecule has 2 aromatic carbocycles. The van der Waals surface area contributed by atoms with Gasteiger partial charge < -0.3 is 9.94 Å². The molecule has 2 amide bonds. The van der Waals surface area contributed by atoms with Crippen LogP contribution in [0.1, 0.15) is 75.3 Å². The van der Waals surface area contributed by atoms with E-state index in [9.17, 15) is 19.2 Å². The number of hydroxylamine groups is 2. The molecular formula is C36H46ClN3O6. The second-order valence-electron chi connectivity index (χ2n) is 12.5. The van der Waals surface area contributed by atoms with Crippen molar-refractivity contribution in [2.75, 3.05) is 28.2 Å². The summed E-state index contributed by atoms with van der Waals surface area (Å²) in [5.74, 6) is -2.39. The largest absolute Gasteiger partial charge is 0.478 e. The van der Waals surface area contributed by atoms with Gasteiger partial charge in [-0.25, -0.2) is 9.59 Å². The van der Waals surface area contributed by atoms with Crippen LogP contribution in [0.25, 0.3) is 0 Å². The Morgan fingerprint density at radius 2 is 1.04 bits per heavy atom. The molecular weight excluding hydrogens is 606 g/mol. The number of amides is 2. The van der Waals surface area contributed by atoms with Crippen molar-refractivity contribution in [1.29, 1.82) is 0 Å². The summed E-state index contributed by atoms with van der Waals surface area (Å²) < 4.78 is 0. The Labute approximate surface area is 278 Å². The molecule has 0 radical (unpaired) electrons. The van der Waals surface area contributed by atoms with Gasteiger partial charge >= 0.3 is 11.9 Å². The van der Waals surface area contributed by atoms with Gasteiger partial charge in [0.25, 0.3) is 11.8 Å². The summed E-state index contributed by atoms with van der Waals surface area (Å²) >= 11 is 0. The van der Waals surface area contributed by atoms with E-state index in [1.54, 1.807) is 0 Å². The summed E-state index contributed by atoms with van der Waals surface area (Å²) in [6.07, 6.45) is 10.0. The molecule has 0 unspecified atom stereocenters. The lowest BCUT2D eigenvalue weighted by atomic mass is 9.74. The fraction of sp³-hybridized carbons (Fsp3) is 0.444. The minimum Gasteiger partial charge on any atom is -0.478 e. The van der Waals surface area contributed by atoms with Gasteiger partial charge in [-0.2, -0.15) is 0 Å². The van der Waals surface area contributed by atoms with E-state index >= 15 is 0 Å². The van der Waals surface area contributed by atoms with Crippen molar-refractivity contribution in [2.45, 2.75) is 75.3 Å². The number of rotatable bonds is 7. The standard InChI is InChI=1S/C20H24N2O4.C16H21NO2.ClH/c1-21(2)20(16-6-4-3-5-7-16)12-10-15(11-13-20)14-19(25)26-22-17(23)8-9-18(22)24;1-17(2)16(14-6-4-3-5-7-14)10-8-13(9-11-16)12-15(18)19;/h3-7,14H,8-13H2,1-2H3;3-7,12H,8-11H2,1-2H3,(H,18,19);1H. The zero-order chi connectivity index (χ0) is 32.6.